The van der Waals surface area contributed by atoms with E-state index in [4.69, 9.17) is 9.47 Å². The highest BCUT2D eigenvalue weighted by molar-refractivity contribution is 9.10. The standard InChI is InChI=1S/2C10H9BrO2/c2*1-5-8(11)4-3-7-9(5)6(2)13-10(7)12/h2*3-4,6H,1-2H3. The fraction of sp³-hybridized carbons (Fsp3) is 0.300. The maximum absolute atomic E-state index is 11.3. The Kier molecular flexibility index (Phi) is 5.26. The summed E-state index contributed by atoms with van der Waals surface area (Å²) in [4.78, 5) is 22.6. The van der Waals surface area contributed by atoms with Gasteiger partial charge in [-0.2, -0.15) is 0 Å². The van der Waals surface area contributed by atoms with E-state index in [-0.39, 0.29) is 24.1 Å². The summed E-state index contributed by atoms with van der Waals surface area (Å²) in [5.41, 5.74) is 5.62. The summed E-state index contributed by atoms with van der Waals surface area (Å²) in [7, 11) is 0. The van der Waals surface area contributed by atoms with E-state index < -0.39 is 0 Å². The molecule has 2 aliphatic heterocycles. The van der Waals surface area contributed by atoms with E-state index in [1.54, 1.807) is 12.1 Å². The molecule has 0 saturated carbocycles. The highest BCUT2D eigenvalue weighted by atomic mass is 79.9. The molecule has 0 radical (unpaired) electrons. The second-order valence-electron chi connectivity index (χ2n) is 6.36. The van der Waals surface area contributed by atoms with E-state index in [1.165, 1.54) is 0 Å². The molecule has 0 bridgehead atoms. The van der Waals surface area contributed by atoms with Crippen LogP contribution in [0.1, 0.15) is 69.0 Å². The summed E-state index contributed by atoms with van der Waals surface area (Å²) in [6, 6.07) is 7.37. The zero-order valence-corrected chi connectivity index (χ0v) is 18.0. The van der Waals surface area contributed by atoms with Crippen LogP contribution < -0.4 is 0 Å². The molecule has 2 heterocycles. The Morgan fingerprint density at radius 2 is 1.08 bits per heavy atom. The molecule has 0 N–H and O–H groups in total. The second-order valence-corrected chi connectivity index (χ2v) is 8.07. The van der Waals surface area contributed by atoms with Gasteiger partial charge in [0, 0.05) is 20.1 Å². The number of halogens is 2. The molecule has 26 heavy (non-hydrogen) atoms. The molecule has 0 amide bonds. The summed E-state index contributed by atoms with van der Waals surface area (Å²) in [5.74, 6) is -0.420. The molecule has 4 rings (SSSR count). The number of esters is 2. The van der Waals surface area contributed by atoms with Crippen LogP contribution >= 0.6 is 31.9 Å². The molecular formula is C20H18Br2O4. The van der Waals surface area contributed by atoms with Crippen LogP contribution in [0.25, 0.3) is 0 Å². The van der Waals surface area contributed by atoms with Gasteiger partial charge in [0.25, 0.3) is 0 Å². The Morgan fingerprint density at radius 1 is 0.731 bits per heavy atom. The minimum atomic E-state index is -0.210. The number of carbonyl (C=O) groups is 2. The molecular weight excluding hydrogens is 464 g/mol. The van der Waals surface area contributed by atoms with Crippen LogP contribution in [0.2, 0.25) is 0 Å². The van der Waals surface area contributed by atoms with Crippen LogP contribution in [0.5, 0.6) is 0 Å². The number of hydrogen-bond donors (Lipinski definition) is 0. The number of rotatable bonds is 0. The summed E-state index contributed by atoms with van der Waals surface area (Å²) in [6.45, 7) is 7.76. The number of cyclic esters (lactones) is 2. The van der Waals surface area contributed by atoms with Crippen LogP contribution in [-0.2, 0) is 9.47 Å². The lowest BCUT2D eigenvalue weighted by Crippen LogP contribution is -1.93. The van der Waals surface area contributed by atoms with Crippen molar-refractivity contribution in [2.75, 3.05) is 0 Å². The average Bonchev–Trinajstić information content (AvgIpc) is 3.04. The van der Waals surface area contributed by atoms with Crippen molar-refractivity contribution in [1.82, 2.24) is 0 Å². The van der Waals surface area contributed by atoms with Gasteiger partial charge in [-0.05, 0) is 63.1 Å². The third-order valence-electron chi connectivity index (χ3n) is 4.72. The SMILES string of the molecule is Cc1c(Br)ccc2c1C(C)OC2=O.Cc1c(Br)ccc2c1C(C)OC2=O. The molecule has 136 valence electrons. The molecule has 6 heteroatoms. The molecule has 2 aromatic carbocycles. The van der Waals surface area contributed by atoms with Crippen molar-refractivity contribution in [3.63, 3.8) is 0 Å². The van der Waals surface area contributed by atoms with Crippen molar-refractivity contribution in [3.8, 4) is 0 Å². The number of carbonyl (C=O) groups excluding carboxylic acids is 2. The lowest BCUT2D eigenvalue weighted by Gasteiger charge is -2.07. The summed E-state index contributed by atoms with van der Waals surface area (Å²) in [5, 5.41) is 0. The normalized spacial score (nSPS) is 19.9. The first-order valence-corrected chi connectivity index (χ1v) is 9.81. The van der Waals surface area contributed by atoms with E-state index in [0.29, 0.717) is 11.1 Å². The molecule has 0 spiro atoms. The molecule has 2 aliphatic rings. The fourth-order valence-electron chi connectivity index (χ4n) is 3.37. The first-order chi connectivity index (χ1) is 12.2. The van der Waals surface area contributed by atoms with E-state index in [1.807, 2.05) is 39.8 Å². The van der Waals surface area contributed by atoms with Crippen LogP contribution in [0.4, 0.5) is 0 Å². The molecule has 0 aliphatic carbocycles. The summed E-state index contributed by atoms with van der Waals surface area (Å²) >= 11 is 6.86. The van der Waals surface area contributed by atoms with Gasteiger partial charge in [-0.1, -0.05) is 31.9 Å². The Hall–Kier alpha value is -1.66. The Bertz CT molecular complexity index is 845. The zero-order chi connectivity index (χ0) is 19.2. The summed E-state index contributed by atoms with van der Waals surface area (Å²) in [6.07, 6.45) is -0.222. The number of hydrogen-bond acceptors (Lipinski definition) is 4. The number of ether oxygens (including phenoxy) is 2. The molecule has 0 aromatic heterocycles. The summed E-state index contributed by atoms with van der Waals surface area (Å²) < 4.78 is 12.3. The molecule has 0 saturated heterocycles. The largest absolute Gasteiger partial charge is 0.454 e. The van der Waals surface area contributed by atoms with Gasteiger partial charge in [-0.3, -0.25) is 0 Å². The van der Waals surface area contributed by atoms with Gasteiger partial charge in [0.15, 0.2) is 0 Å². The predicted octanol–water partition coefficient (Wildman–Crippen LogP) is 5.98. The zero-order valence-electron chi connectivity index (χ0n) is 14.9. The Labute approximate surface area is 169 Å². The molecule has 2 atom stereocenters. The van der Waals surface area contributed by atoms with Gasteiger partial charge in [-0.15, -0.1) is 0 Å². The van der Waals surface area contributed by atoms with E-state index in [2.05, 4.69) is 31.9 Å². The minimum Gasteiger partial charge on any atom is -0.454 e. The molecule has 2 aromatic rings. The highest BCUT2D eigenvalue weighted by Gasteiger charge is 2.30. The second kappa shape index (κ2) is 7.16. The van der Waals surface area contributed by atoms with Crippen molar-refractivity contribution in [3.05, 3.63) is 66.6 Å². The van der Waals surface area contributed by atoms with Crippen molar-refractivity contribution >= 4 is 43.8 Å². The van der Waals surface area contributed by atoms with E-state index in [0.717, 1.165) is 31.2 Å². The fourth-order valence-corrected chi connectivity index (χ4v) is 4.07. The van der Waals surface area contributed by atoms with Gasteiger partial charge in [0.2, 0.25) is 0 Å². The van der Waals surface area contributed by atoms with E-state index >= 15 is 0 Å². The topological polar surface area (TPSA) is 52.6 Å². The number of fused-ring (bicyclic) bond motifs is 2. The maximum Gasteiger partial charge on any atom is 0.339 e. The van der Waals surface area contributed by atoms with Gasteiger partial charge >= 0.3 is 11.9 Å². The predicted molar refractivity (Wildman–Crippen MR) is 105 cm³/mol. The van der Waals surface area contributed by atoms with Crippen molar-refractivity contribution in [2.24, 2.45) is 0 Å². The molecule has 4 nitrogen and oxygen atoms in total. The van der Waals surface area contributed by atoms with Crippen molar-refractivity contribution in [2.45, 2.75) is 39.9 Å². The van der Waals surface area contributed by atoms with Gasteiger partial charge < -0.3 is 9.47 Å². The third kappa shape index (κ3) is 3.21. The maximum atomic E-state index is 11.3. The Balaban J connectivity index is 0.000000151. The van der Waals surface area contributed by atoms with Gasteiger partial charge in [0.05, 0.1) is 11.1 Å². The third-order valence-corrected chi connectivity index (χ3v) is 6.44. The monoisotopic (exact) mass is 480 g/mol. The molecule has 0 fully saturated rings. The first-order valence-electron chi connectivity index (χ1n) is 8.22. The number of benzene rings is 2. The first kappa shape index (κ1) is 19.1. The average molecular weight is 482 g/mol. The minimum absolute atomic E-state index is 0.111. The van der Waals surface area contributed by atoms with Crippen LogP contribution in [0.3, 0.4) is 0 Å². The highest BCUT2D eigenvalue weighted by Crippen LogP contribution is 2.36. The Morgan fingerprint density at radius 3 is 1.42 bits per heavy atom. The van der Waals surface area contributed by atoms with Gasteiger partial charge in [0.1, 0.15) is 12.2 Å². The van der Waals surface area contributed by atoms with Crippen molar-refractivity contribution < 1.29 is 19.1 Å². The van der Waals surface area contributed by atoms with E-state index in [9.17, 15) is 9.59 Å². The van der Waals surface area contributed by atoms with Crippen molar-refractivity contribution in [1.29, 1.82) is 0 Å². The lowest BCUT2D eigenvalue weighted by molar-refractivity contribution is 0.0411. The van der Waals surface area contributed by atoms with Crippen LogP contribution in [0.15, 0.2) is 33.2 Å². The van der Waals surface area contributed by atoms with Gasteiger partial charge in [-0.25, -0.2) is 9.59 Å². The lowest BCUT2D eigenvalue weighted by atomic mass is 10.0. The van der Waals surface area contributed by atoms with Crippen LogP contribution in [-0.4, -0.2) is 11.9 Å². The smallest absolute Gasteiger partial charge is 0.339 e. The quantitative estimate of drug-likeness (QED) is 0.434. The van der Waals surface area contributed by atoms with Crippen LogP contribution in [0, 0.1) is 13.8 Å². The molecule has 2 unspecified atom stereocenters.